The highest BCUT2D eigenvalue weighted by Crippen LogP contribution is 2.12. The van der Waals surface area contributed by atoms with Gasteiger partial charge < -0.3 is 14.6 Å². The summed E-state index contributed by atoms with van der Waals surface area (Å²) in [6, 6.07) is 7.71. The van der Waals surface area contributed by atoms with Gasteiger partial charge in [-0.25, -0.2) is 0 Å². The molecule has 0 bridgehead atoms. The van der Waals surface area contributed by atoms with Crippen LogP contribution in [0.15, 0.2) is 28.8 Å². The van der Waals surface area contributed by atoms with Crippen LogP contribution in [0.3, 0.4) is 0 Å². The van der Waals surface area contributed by atoms with Gasteiger partial charge in [0.25, 0.3) is 0 Å². The predicted octanol–water partition coefficient (Wildman–Crippen LogP) is 2.72. The van der Waals surface area contributed by atoms with E-state index in [9.17, 15) is 4.79 Å². The minimum absolute atomic E-state index is 0.0345. The van der Waals surface area contributed by atoms with Crippen LogP contribution in [0.1, 0.15) is 43.5 Å². The molecule has 1 N–H and O–H groups in total. The second-order valence-electron chi connectivity index (χ2n) is 5.94. The zero-order valence-corrected chi connectivity index (χ0v) is 15.2. The SMILES string of the molecule is C#CCOc1ccc(CCNC(=O)CCCc2nc(CCC)no2)cc1. The maximum Gasteiger partial charge on any atom is 0.226 e. The van der Waals surface area contributed by atoms with Crippen LogP contribution in [-0.2, 0) is 24.1 Å². The van der Waals surface area contributed by atoms with Crippen molar-refractivity contribution < 1.29 is 14.1 Å². The van der Waals surface area contributed by atoms with Crippen LogP contribution in [0.25, 0.3) is 0 Å². The molecule has 2 aromatic rings. The Labute approximate surface area is 154 Å². The first-order valence-corrected chi connectivity index (χ1v) is 8.94. The Kier molecular flexibility index (Phi) is 8.20. The van der Waals surface area contributed by atoms with Gasteiger partial charge in [0.1, 0.15) is 12.4 Å². The molecule has 0 aliphatic carbocycles. The number of hydrogen-bond acceptors (Lipinski definition) is 5. The van der Waals surface area contributed by atoms with Crippen molar-refractivity contribution in [1.82, 2.24) is 15.5 Å². The standard InChI is InChI=1S/C20H25N3O3/c1-3-6-18-22-20(26-23-18)8-5-7-19(24)21-14-13-16-9-11-17(12-10-16)25-15-4-2/h2,9-12H,3,5-8,13-15H2,1H3,(H,21,24). The molecule has 0 fully saturated rings. The number of aryl methyl sites for hydroxylation is 2. The summed E-state index contributed by atoms with van der Waals surface area (Å²) in [5, 5.41) is 6.83. The van der Waals surface area contributed by atoms with Gasteiger partial charge in [-0.05, 0) is 37.0 Å². The zero-order valence-electron chi connectivity index (χ0n) is 15.2. The Hall–Kier alpha value is -2.81. The number of aromatic nitrogens is 2. The first kappa shape index (κ1) is 19.5. The molecule has 0 saturated heterocycles. The number of ether oxygens (including phenoxy) is 1. The third kappa shape index (κ3) is 6.98. The first-order valence-electron chi connectivity index (χ1n) is 8.94. The summed E-state index contributed by atoms with van der Waals surface area (Å²) < 4.78 is 10.5. The largest absolute Gasteiger partial charge is 0.481 e. The fourth-order valence-corrected chi connectivity index (χ4v) is 2.43. The van der Waals surface area contributed by atoms with Crippen LogP contribution in [0.4, 0.5) is 0 Å². The van der Waals surface area contributed by atoms with Gasteiger partial charge in [-0.3, -0.25) is 4.79 Å². The van der Waals surface area contributed by atoms with E-state index in [1.54, 1.807) is 0 Å². The highest BCUT2D eigenvalue weighted by atomic mass is 16.5. The van der Waals surface area contributed by atoms with Gasteiger partial charge in [-0.15, -0.1) is 6.42 Å². The number of amides is 1. The number of rotatable bonds is 11. The third-order valence-electron chi connectivity index (χ3n) is 3.76. The highest BCUT2D eigenvalue weighted by Gasteiger charge is 2.07. The van der Waals surface area contributed by atoms with Crippen molar-refractivity contribution in [3.63, 3.8) is 0 Å². The fraction of sp³-hybridized carbons (Fsp3) is 0.450. The Balaban J connectivity index is 1.60. The van der Waals surface area contributed by atoms with Crippen molar-refractivity contribution in [2.24, 2.45) is 0 Å². The molecule has 1 amide bonds. The van der Waals surface area contributed by atoms with E-state index in [1.807, 2.05) is 24.3 Å². The van der Waals surface area contributed by atoms with Crippen molar-refractivity contribution in [1.29, 1.82) is 0 Å². The average molecular weight is 355 g/mol. The minimum Gasteiger partial charge on any atom is -0.481 e. The lowest BCUT2D eigenvalue weighted by atomic mass is 10.1. The van der Waals surface area contributed by atoms with Gasteiger partial charge in [0.15, 0.2) is 5.82 Å². The van der Waals surface area contributed by atoms with Crippen molar-refractivity contribution in [3.05, 3.63) is 41.5 Å². The second-order valence-corrected chi connectivity index (χ2v) is 5.94. The molecule has 0 spiro atoms. The lowest BCUT2D eigenvalue weighted by Crippen LogP contribution is -2.25. The van der Waals surface area contributed by atoms with E-state index in [0.29, 0.717) is 31.7 Å². The molecule has 0 saturated carbocycles. The molecule has 0 radical (unpaired) electrons. The van der Waals surface area contributed by atoms with Gasteiger partial charge in [-0.2, -0.15) is 4.98 Å². The van der Waals surface area contributed by atoms with Crippen molar-refractivity contribution in [2.45, 2.75) is 45.4 Å². The van der Waals surface area contributed by atoms with Crippen LogP contribution >= 0.6 is 0 Å². The summed E-state index contributed by atoms with van der Waals surface area (Å²) in [5.74, 6) is 4.56. The number of carbonyl (C=O) groups excluding carboxylic acids is 1. The van der Waals surface area contributed by atoms with E-state index in [0.717, 1.165) is 36.4 Å². The van der Waals surface area contributed by atoms with Gasteiger partial charge >= 0.3 is 0 Å². The topological polar surface area (TPSA) is 77.2 Å². The summed E-state index contributed by atoms with van der Waals surface area (Å²) in [5.41, 5.74) is 1.13. The molecule has 0 unspecified atom stereocenters. The number of nitrogens with one attached hydrogen (secondary N) is 1. The molecule has 26 heavy (non-hydrogen) atoms. The van der Waals surface area contributed by atoms with E-state index in [-0.39, 0.29) is 12.5 Å². The monoisotopic (exact) mass is 355 g/mol. The van der Waals surface area contributed by atoms with Gasteiger partial charge in [-0.1, -0.05) is 30.1 Å². The van der Waals surface area contributed by atoms with E-state index in [4.69, 9.17) is 15.7 Å². The number of terminal acetylenes is 1. The molecule has 1 aromatic carbocycles. The van der Waals surface area contributed by atoms with E-state index >= 15 is 0 Å². The van der Waals surface area contributed by atoms with Gasteiger partial charge in [0.2, 0.25) is 11.8 Å². The fourth-order valence-electron chi connectivity index (χ4n) is 2.43. The van der Waals surface area contributed by atoms with E-state index in [1.165, 1.54) is 0 Å². The van der Waals surface area contributed by atoms with Gasteiger partial charge in [0.05, 0.1) is 0 Å². The highest BCUT2D eigenvalue weighted by molar-refractivity contribution is 5.75. The Morgan fingerprint density at radius 2 is 2.08 bits per heavy atom. The van der Waals surface area contributed by atoms with Crippen LogP contribution in [0, 0.1) is 12.3 Å². The van der Waals surface area contributed by atoms with Gasteiger partial charge in [0, 0.05) is 25.8 Å². The molecular weight excluding hydrogens is 330 g/mol. The molecule has 1 aromatic heterocycles. The first-order chi connectivity index (χ1) is 12.7. The normalized spacial score (nSPS) is 10.3. The van der Waals surface area contributed by atoms with Crippen molar-refractivity contribution >= 4 is 5.91 Å². The third-order valence-corrected chi connectivity index (χ3v) is 3.76. The molecule has 6 heteroatoms. The number of hydrogen-bond donors (Lipinski definition) is 1. The molecule has 138 valence electrons. The average Bonchev–Trinajstić information content (AvgIpc) is 3.09. The number of carbonyl (C=O) groups is 1. The number of benzene rings is 1. The Morgan fingerprint density at radius 1 is 1.27 bits per heavy atom. The molecule has 0 aliphatic heterocycles. The summed E-state index contributed by atoms with van der Waals surface area (Å²) >= 11 is 0. The van der Waals surface area contributed by atoms with E-state index in [2.05, 4.69) is 28.3 Å². The number of nitrogens with zero attached hydrogens (tertiary/aromatic N) is 2. The maximum absolute atomic E-state index is 11.9. The van der Waals surface area contributed by atoms with E-state index < -0.39 is 0 Å². The van der Waals surface area contributed by atoms with Crippen LogP contribution in [-0.4, -0.2) is 29.2 Å². The smallest absolute Gasteiger partial charge is 0.226 e. The molecule has 0 aliphatic rings. The molecule has 1 heterocycles. The molecule has 6 nitrogen and oxygen atoms in total. The van der Waals surface area contributed by atoms with Crippen LogP contribution in [0.2, 0.25) is 0 Å². The maximum atomic E-state index is 11.9. The summed E-state index contributed by atoms with van der Waals surface area (Å²) in [6.07, 6.45) is 9.50. The molecule has 0 atom stereocenters. The summed E-state index contributed by atoms with van der Waals surface area (Å²) in [4.78, 5) is 16.2. The molecular formula is C20H25N3O3. The lowest BCUT2D eigenvalue weighted by Gasteiger charge is -2.06. The predicted molar refractivity (Wildman–Crippen MR) is 98.7 cm³/mol. The summed E-state index contributed by atoms with van der Waals surface area (Å²) in [7, 11) is 0. The molecule has 2 rings (SSSR count). The minimum atomic E-state index is 0.0345. The van der Waals surface area contributed by atoms with Crippen LogP contribution < -0.4 is 10.1 Å². The van der Waals surface area contributed by atoms with Crippen molar-refractivity contribution in [3.8, 4) is 18.1 Å². The lowest BCUT2D eigenvalue weighted by molar-refractivity contribution is -0.121. The summed E-state index contributed by atoms with van der Waals surface area (Å²) in [6.45, 7) is 2.94. The Bertz CT molecular complexity index is 717. The Morgan fingerprint density at radius 3 is 2.81 bits per heavy atom. The van der Waals surface area contributed by atoms with Crippen molar-refractivity contribution in [2.75, 3.05) is 13.2 Å². The van der Waals surface area contributed by atoms with Crippen LogP contribution in [0.5, 0.6) is 5.75 Å². The second kappa shape index (κ2) is 10.9. The zero-order chi connectivity index (χ0) is 18.6. The quantitative estimate of drug-likeness (QED) is 0.627.